The number of hydrogen-bond donors (Lipinski definition) is 3. The van der Waals surface area contributed by atoms with Crippen molar-refractivity contribution in [3.8, 4) is 17.3 Å². The molecule has 160 valence electrons. The van der Waals surface area contributed by atoms with Gasteiger partial charge in [0, 0.05) is 17.8 Å². The van der Waals surface area contributed by atoms with E-state index >= 15 is 0 Å². The Bertz CT molecular complexity index is 1400. The molecular formula is C24H21N4O4+. The highest BCUT2D eigenvalue weighted by molar-refractivity contribution is 6.31. The molecule has 0 amide bonds. The van der Waals surface area contributed by atoms with Gasteiger partial charge in [0.2, 0.25) is 5.69 Å². The summed E-state index contributed by atoms with van der Waals surface area (Å²) in [6, 6.07) is 18.0. The van der Waals surface area contributed by atoms with Gasteiger partial charge in [-0.15, -0.1) is 0 Å². The normalized spacial score (nSPS) is 18.1. The standard InChI is InChI=1S/C24H20N4O4/c1-13-17(23(31)27(25-13)15-9-5-3-6-10-15)19-21(29)20(22(19)30)18-14(2)26-28(24(18)32)16-11-7-4-8-12-16/h3-12,19-20H,1-2H3,(H2,25,26,31,32)/p+1. The molecule has 8 nitrogen and oxygen atoms in total. The number of carbonyl (C=O) groups is 2. The first-order valence-electron chi connectivity index (χ1n) is 10.2. The molecule has 0 bridgehead atoms. The number of nitrogens with one attached hydrogen (secondary N) is 2. The molecule has 32 heavy (non-hydrogen) atoms. The van der Waals surface area contributed by atoms with Crippen LogP contribution in [-0.2, 0) is 9.59 Å². The number of aromatic nitrogens is 4. The molecule has 0 spiro atoms. The Labute approximate surface area is 182 Å². The molecule has 8 heteroatoms. The van der Waals surface area contributed by atoms with Crippen LogP contribution in [0.15, 0.2) is 65.5 Å². The molecule has 2 heterocycles. The van der Waals surface area contributed by atoms with Gasteiger partial charge in [-0.05, 0) is 30.7 Å². The van der Waals surface area contributed by atoms with Crippen molar-refractivity contribution in [1.29, 1.82) is 0 Å². The molecule has 1 fully saturated rings. The second kappa shape index (κ2) is 7.19. The maximum atomic E-state index is 13.2. The van der Waals surface area contributed by atoms with Crippen LogP contribution in [0.1, 0.15) is 34.4 Å². The van der Waals surface area contributed by atoms with Gasteiger partial charge in [-0.1, -0.05) is 36.4 Å². The zero-order valence-electron chi connectivity index (χ0n) is 17.5. The van der Waals surface area contributed by atoms with Gasteiger partial charge in [0.25, 0.3) is 5.56 Å². The molecule has 1 aliphatic carbocycles. The molecule has 1 aliphatic rings. The van der Waals surface area contributed by atoms with Crippen molar-refractivity contribution in [3.63, 3.8) is 0 Å². The summed E-state index contributed by atoms with van der Waals surface area (Å²) in [5, 5.41) is 16.8. The summed E-state index contributed by atoms with van der Waals surface area (Å²) in [4.78, 5) is 39.4. The quantitative estimate of drug-likeness (QED) is 0.341. The summed E-state index contributed by atoms with van der Waals surface area (Å²) in [5.74, 6) is -3.24. The molecule has 5 rings (SSSR count). The van der Waals surface area contributed by atoms with E-state index in [1.54, 1.807) is 50.2 Å². The lowest BCUT2D eigenvalue weighted by Gasteiger charge is -2.30. The minimum atomic E-state index is -1.15. The second-order valence-electron chi connectivity index (χ2n) is 7.94. The summed E-state index contributed by atoms with van der Waals surface area (Å²) >= 11 is 0. The van der Waals surface area contributed by atoms with Gasteiger partial charge in [0.05, 0.1) is 16.9 Å². The van der Waals surface area contributed by atoms with E-state index < -0.39 is 29.0 Å². The number of carbonyl (C=O) groups excluding carboxylic acids is 2. The lowest BCUT2D eigenvalue weighted by atomic mass is 9.66. The lowest BCUT2D eigenvalue weighted by Crippen LogP contribution is -2.47. The molecule has 2 aromatic carbocycles. The van der Waals surface area contributed by atoms with Gasteiger partial charge in [0.15, 0.2) is 11.6 Å². The lowest BCUT2D eigenvalue weighted by molar-refractivity contribution is -0.662. The van der Waals surface area contributed by atoms with E-state index in [4.69, 9.17) is 0 Å². The third-order valence-electron chi connectivity index (χ3n) is 6.00. The van der Waals surface area contributed by atoms with Gasteiger partial charge < -0.3 is 5.11 Å². The van der Waals surface area contributed by atoms with Crippen LogP contribution in [-0.4, -0.2) is 31.6 Å². The van der Waals surface area contributed by atoms with E-state index in [1.165, 1.54) is 9.36 Å². The molecular weight excluding hydrogens is 408 g/mol. The number of Topliss-reactive ketones (excluding diaryl/α,β-unsaturated/α-hetero) is 2. The highest BCUT2D eigenvalue weighted by Crippen LogP contribution is 2.44. The fraction of sp³-hybridized carbons (Fsp3) is 0.167. The van der Waals surface area contributed by atoms with Crippen LogP contribution in [0.4, 0.5) is 0 Å². The number of hydrogen-bond acceptors (Lipinski definition) is 4. The van der Waals surface area contributed by atoms with Crippen molar-refractivity contribution < 1.29 is 19.4 Å². The minimum Gasteiger partial charge on any atom is -0.458 e. The van der Waals surface area contributed by atoms with E-state index in [-0.39, 0.29) is 17.0 Å². The Kier molecular flexibility index (Phi) is 4.44. The minimum absolute atomic E-state index is 0.156. The first kappa shape index (κ1) is 19.7. The van der Waals surface area contributed by atoms with Crippen molar-refractivity contribution in [2.45, 2.75) is 25.7 Å². The highest BCUT2D eigenvalue weighted by atomic mass is 16.3. The average molecular weight is 429 g/mol. The number of nitrogens with zero attached hydrogens (tertiary/aromatic N) is 2. The molecule has 0 aliphatic heterocycles. The van der Waals surface area contributed by atoms with Crippen molar-refractivity contribution in [2.24, 2.45) is 0 Å². The number of aryl methyl sites for hydroxylation is 2. The van der Waals surface area contributed by atoms with E-state index in [9.17, 15) is 19.5 Å². The van der Waals surface area contributed by atoms with Crippen LogP contribution in [0, 0.1) is 13.8 Å². The Balaban J connectivity index is 1.52. The molecule has 0 atom stereocenters. The van der Waals surface area contributed by atoms with Crippen LogP contribution in [0.3, 0.4) is 0 Å². The van der Waals surface area contributed by atoms with Gasteiger partial charge in [-0.3, -0.25) is 19.5 Å². The molecule has 2 aromatic heterocycles. The fourth-order valence-electron chi connectivity index (χ4n) is 4.42. The number of H-pyrrole nitrogens is 2. The zero-order valence-corrected chi connectivity index (χ0v) is 17.5. The monoisotopic (exact) mass is 429 g/mol. The number of rotatable bonds is 4. The third-order valence-corrected chi connectivity index (χ3v) is 6.00. The van der Waals surface area contributed by atoms with Crippen molar-refractivity contribution in [2.75, 3.05) is 0 Å². The molecule has 0 saturated heterocycles. The first-order chi connectivity index (χ1) is 15.4. The SMILES string of the molecule is Cc1[nH][n+](-c2ccccc2)c(O)c1C1C(=O)C(c2c(C)[nH]n(-c3ccccc3)c2=O)C1=O. The number of aromatic hydroxyl groups is 1. The summed E-state index contributed by atoms with van der Waals surface area (Å²) in [6.45, 7) is 3.37. The van der Waals surface area contributed by atoms with Crippen LogP contribution in [0.25, 0.3) is 11.4 Å². The van der Waals surface area contributed by atoms with Crippen LogP contribution >= 0.6 is 0 Å². The van der Waals surface area contributed by atoms with Gasteiger partial charge in [-0.25, -0.2) is 4.68 Å². The second-order valence-corrected chi connectivity index (χ2v) is 7.94. The number of ketones is 2. The Morgan fingerprint density at radius 2 is 1.38 bits per heavy atom. The van der Waals surface area contributed by atoms with Crippen molar-refractivity contribution in [3.05, 3.63) is 93.5 Å². The topological polar surface area (TPSA) is 112 Å². The van der Waals surface area contributed by atoms with E-state index in [1.807, 2.05) is 24.3 Å². The van der Waals surface area contributed by atoms with Gasteiger partial charge in [0.1, 0.15) is 17.4 Å². The summed E-state index contributed by atoms with van der Waals surface area (Å²) < 4.78 is 2.77. The maximum absolute atomic E-state index is 13.2. The maximum Gasteiger partial charge on any atom is 0.401 e. The van der Waals surface area contributed by atoms with Crippen LogP contribution in [0.5, 0.6) is 5.88 Å². The first-order valence-corrected chi connectivity index (χ1v) is 10.2. The fourth-order valence-corrected chi connectivity index (χ4v) is 4.42. The van der Waals surface area contributed by atoms with Gasteiger partial charge >= 0.3 is 5.88 Å². The predicted molar refractivity (Wildman–Crippen MR) is 115 cm³/mol. The molecule has 0 radical (unpaired) electrons. The smallest absolute Gasteiger partial charge is 0.401 e. The number of benzene rings is 2. The largest absolute Gasteiger partial charge is 0.458 e. The van der Waals surface area contributed by atoms with E-state index in [2.05, 4.69) is 10.2 Å². The van der Waals surface area contributed by atoms with Crippen molar-refractivity contribution in [1.82, 2.24) is 14.9 Å². The summed E-state index contributed by atoms with van der Waals surface area (Å²) in [5.41, 5.74) is 2.25. The Morgan fingerprint density at radius 1 is 0.812 bits per heavy atom. The van der Waals surface area contributed by atoms with E-state index in [0.29, 0.717) is 22.8 Å². The average Bonchev–Trinajstić information content (AvgIpc) is 3.26. The van der Waals surface area contributed by atoms with Crippen LogP contribution in [0.2, 0.25) is 0 Å². The third kappa shape index (κ3) is 2.76. The highest BCUT2D eigenvalue weighted by Gasteiger charge is 2.56. The van der Waals surface area contributed by atoms with Gasteiger partial charge in [-0.2, -0.15) is 5.10 Å². The molecule has 4 aromatic rings. The molecule has 0 unspecified atom stereocenters. The summed E-state index contributed by atoms with van der Waals surface area (Å²) in [6.07, 6.45) is 0. The molecule has 3 N–H and O–H groups in total. The Morgan fingerprint density at radius 3 is 2.00 bits per heavy atom. The zero-order chi connectivity index (χ0) is 22.6. The van der Waals surface area contributed by atoms with Crippen LogP contribution < -0.4 is 10.2 Å². The summed E-state index contributed by atoms with van der Waals surface area (Å²) in [7, 11) is 0. The van der Waals surface area contributed by atoms with E-state index in [0.717, 1.165) is 0 Å². The number of para-hydroxylation sites is 2. The van der Waals surface area contributed by atoms with Crippen molar-refractivity contribution >= 4 is 11.6 Å². The Hall–Kier alpha value is -4.20. The molecule has 1 saturated carbocycles. The predicted octanol–water partition coefficient (Wildman–Crippen LogP) is 2.11. The number of aromatic amines is 2.